The molecular weight excluding hydrogens is 400 g/mol. The van der Waals surface area contributed by atoms with Gasteiger partial charge < -0.3 is 5.32 Å². The van der Waals surface area contributed by atoms with Crippen LogP contribution in [0.3, 0.4) is 0 Å². The van der Waals surface area contributed by atoms with Crippen molar-refractivity contribution < 1.29 is 18.0 Å². The zero-order chi connectivity index (χ0) is 20.7. The molecule has 1 aliphatic rings. The van der Waals surface area contributed by atoms with Gasteiger partial charge in [0.15, 0.2) is 0 Å². The summed E-state index contributed by atoms with van der Waals surface area (Å²) >= 11 is 6.16. The van der Waals surface area contributed by atoms with E-state index in [0.717, 1.165) is 16.3 Å². The second-order valence-corrected chi connectivity index (χ2v) is 9.60. The highest BCUT2D eigenvalue weighted by Crippen LogP contribution is 2.37. The van der Waals surface area contributed by atoms with Crippen LogP contribution in [0.1, 0.15) is 36.7 Å². The SMILES string of the molecule is CCc1ccc(NC(=O)c2cc(N3C(=O)C(C)(C)CS3(=O)=O)ccc2Cl)cc1. The van der Waals surface area contributed by atoms with Crippen LogP contribution >= 0.6 is 11.6 Å². The first-order chi connectivity index (χ1) is 13.0. The lowest BCUT2D eigenvalue weighted by Gasteiger charge is -2.18. The second-order valence-electron chi connectivity index (χ2n) is 7.38. The van der Waals surface area contributed by atoms with Gasteiger partial charge in [-0.3, -0.25) is 9.59 Å². The van der Waals surface area contributed by atoms with E-state index in [0.29, 0.717) is 5.69 Å². The van der Waals surface area contributed by atoms with Gasteiger partial charge in [-0.1, -0.05) is 30.7 Å². The van der Waals surface area contributed by atoms with Crippen LogP contribution in [-0.2, 0) is 21.2 Å². The average molecular weight is 421 g/mol. The zero-order valence-corrected chi connectivity index (χ0v) is 17.4. The molecule has 0 unspecified atom stereocenters. The predicted molar refractivity (Wildman–Crippen MR) is 110 cm³/mol. The first kappa shape index (κ1) is 20.4. The minimum absolute atomic E-state index is 0.0893. The molecule has 0 atom stereocenters. The maximum absolute atomic E-state index is 12.7. The van der Waals surface area contributed by atoms with Gasteiger partial charge in [-0.2, -0.15) is 0 Å². The Hall–Kier alpha value is -2.38. The van der Waals surface area contributed by atoms with Crippen molar-refractivity contribution in [2.45, 2.75) is 27.2 Å². The minimum atomic E-state index is -3.81. The molecule has 28 heavy (non-hydrogen) atoms. The first-order valence-corrected chi connectivity index (χ1v) is 10.8. The van der Waals surface area contributed by atoms with Crippen molar-refractivity contribution in [2.75, 3.05) is 15.4 Å². The number of amides is 2. The van der Waals surface area contributed by atoms with Crippen LogP contribution in [-0.4, -0.2) is 26.0 Å². The quantitative estimate of drug-likeness (QED) is 0.814. The number of nitrogens with one attached hydrogen (secondary N) is 1. The van der Waals surface area contributed by atoms with Gasteiger partial charge in [-0.15, -0.1) is 0 Å². The van der Waals surface area contributed by atoms with Crippen molar-refractivity contribution in [1.82, 2.24) is 0 Å². The molecule has 6 nitrogen and oxygen atoms in total. The summed E-state index contributed by atoms with van der Waals surface area (Å²) in [6.45, 7) is 5.20. The van der Waals surface area contributed by atoms with Gasteiger partial charge in [0.05, 0.1) is 27.4 Å². The molecule has 0 saturated carbocycles. The molecule has 1 saturated heterocycles. The molecular formula is C20H21ClN2O4S. The van der Waals surface area contributed by atoms with Gasteiger partial charge in [0, 0.05) is 5.69 Å². The molecule has 1 heterocycles. The fraction of sp³-hybridized carbons (Fsp3) is 0.300. The third-order valence-electron chi connectivity index (χ3n) is 4.63. The maximum Gasteiger partial charge on any atom is 0.257 e. The highest BCUT2D eigenvalue weighted by Gasteiger charge is 2.50. The molecule has 3 rings (SSSR count). The van der Waals surface area contributed by atoms with E-state index < -0.39 is 27.3 Å². The molecule has 148 valence electrons. The lowest BCUT2D eigenvalue weighted by molar-refractivity contribution is -0.123. The molecule has 2 amide bonds. The summed E-state index contributed by atoms with van der Waals surface area (Å²) in [4.78, 5) is 25.3. The van der Waals surface area contributed by atoms with E-state index in [9.17, 15) is 18.0 Å². The molecule has 1 aliphatic heterocycles. The third-order valence-corrected chi connectivity index (χ3v) is 6.98. The van der Waals surface area contributed by atoms with Crippen molar-refractivity contribution in [3.63, 3.8) is 0 Å². The lowest BCUT2D eigenvalue weighted by atomic mass is 9.95. The highest BCUT2D eigenvalue weighted by atomic mass is 35.5. The van der Waals surface area contributed by atoms with Gasteiger partial charge in [0.2, 0.25) is 15.9 Å². The van der Waals surface area contributed by atoms with Crippen LogP contribution in [0.15, 0.2) is 42.5 Å². The Bertz CT molecular complexity index is 1050. The normalized spacial score (nSPS) is 17.6. The Morgan fingerprint density at radius 2 is 1.82 bits per heavy atom. The predicted octanol–water partition coefficient (Wildman–Crippen LogP) is 3.86. The van der Waals surface area contributed by atoms with Crippen LogP contribution in [0.5, 0.6) is 0 Å². The fourth-order valence-corrected chi connectivity index (χ4v) is 5.40. The van der Waals surface area contributed by atoms with E-state index in [1.54, 1.807) is 26.0 Å². The molecule has 1 fully saturated rings. The molecule has 1 N–H and O–H groups in total. The molecule has 0 spiro atoms. The van der Waals surface area contributed by atoms with Gasteiger partial charge in [0.25, 0.3) is 5.91 Å². The van der Waals surface area contributed by atoms with Gasteiger partial charge in [-0.25, -0.2) is 12.7 Å². The largest absolute Gasteiger partial charge is 0.322 e. The number of rotatable bonds is 4. The van der Waals surface area contributed by atoms with Crippen LogP contribution < -0.4 is 9.62 Å². The Balaban J connectivity index is 1.93. The van der Waals surface area contributed by atoms with E-state index >= 15 is 0 Å². The van der Waals surface area contributed by atoms with Crippen molar-refractivity contribution >= 4 is 44.8 Å². The third kappa shape index (κ3) is 3.77. The van der Waals surface area contributed by atoms with Crippen molar-refractivity contribution in [2.24, 2.45) is 5.41 Å². The van der Waals surface area contributed by atoms with Crippen LogP contribution in [0, 0.1) is 5.41 Å². The number of hydrogen-bond donors (Lipinski definition) is 1. The lowest BCUT2D eigenvalue weighted by Crippen LogP contribution is -2.33. The molecule has 2 aromatic rings. The summed E-state index contributed by atoms with van der Waals surface area (Å²) in [7, 11) is -3.81. The minimum Gasteiger partial charge on any atom is -0.322 e. The molecule has 2 aromatic carbocycles. The monoisotopic (exact) mass is 420 g/mol. The number of halogens is 1. The van der Waals surface area contributed by atoms with Crippen molar-refractivity contribution in [3.05, 3.63) is 58.6 Å². The highest BCUT2D eigenvalue weighted by molar-refractivity contribution is 7.94. The van der Waals surface area contributed by atoms with Crippen LogP contribution in [0.4, 0.5) is 11.4 Å². The average Bonchev–Trinajstić information content (AvgIpc) is 2.79. The van der Waals surface area contributed by atoms with Gasteiger partial charge >= 0.3 is 0 Å². The number of carbonyl (C=O) groups is 2. The van der Waals surface area contributed by atoms with Crippen LogP contribution in [0.2, 0.25) is 5.02 Å². The van der Waals surface area contributed by atoms with E-state index in [4.69, 9.17) is 11.6 Å². The molecule has 0 aromatic heterocycles. The number of carbonyl (C=O) groups excluding carboxylic acids is 2. The Labute approximate surface area is 169 Å². The summed E-state index contributed by atoms with van der Waals surface area (Å²) in [5.74, 6) is -1.30. The van der Waals surface area contributed by atoms with Gasteiger partial charge in [0.1, 0.15) is 0 Å². The van der Waals surface area contributed by atoms with E-state index in [2.05, 4.69) is 5.32 Å². The standard InChI is InChI=1S/C20H21ClN2O4S/c1-4-13-5-7-14(8-6-13)22-18(24)16-11-15(9-10-17(16)21)23-19(25)20(2,3)12-28(23,26)27/h5-11H,4,12H2,1-3H3,(H,22,24). The van der Waals surface area contributed by atoms with Crippen molar-refractivity contribution in [3.8, 4) is 0 Å². The van der Waals surface area contributed by atoms with Crippen LogP contribution in [0.25, 0.3) is 0 Å². The summed E-state index contributed by atoms with van der Waals surface area (Å²) in [5, 5.41) is 2.90. The Morgan fingerprint density at radius 3 is 2.36 bits per heavy atom. The Morgan fingerprint density at radius 1 is 1.18 bits per heavy atom. The smallest absolute Gasteiger partial charge is 0.257 e. The summed E-state index contributed by atoms with van der Waals surface area (Å²) < 4.78 is 25.7. The number of aryl methyl sites for hydroxylation is 1. The zero-order valence-electron chi connectivity index (χ0n) is 15.8. The Kier molecular flexibility index (Phi) is 5.25. The number of sulfonamides is 1. The molecule has 0 bridgehead atoms. The van der Waals surface area contributed by atoms with Crippen molar-refractivity contribution in [1.29, 1.82) is 0 Å². The maximum atomic E-state index is 12.7. The van der Waals surface area contributed by atoms with E-state index in [1.165, 1.54) is 18.2 Å². The number of anilines is 2. The van der Waals surface area contributed by atoms with E-state index in [-0.39, 0.29) is 22.0 Å². The van der Waals surface area contributed by atoms with Gasteiger partial charge in [-0.05, 0) is 56.2 Å². The second kappa shape index (κ2) is 7.22. The molecule has 8 heteroatoms. The topological polar surface area (TPSA) is 83.6 Å². The first-order valence-electron chi connectivity index (χ1n) is 8.82. The summed E-state index contributed by atoms with van der Waals surface area (Å²) in [6, 6.07) is 11.5. The molecule has 0 radical (unpaired) electrons. The van der Waals surface area contributed by atoms with E-state index in [1.807, 2.05) is 19.1 Å². The number of nitrogens with zero attached hydrogens (tertiary/aromatic N) is 1. The fourth-order valence-electron chi connectivity index (χ4n) is 3.10. The molecule has 0 aliphatic carbocycles. The summed E-state index contributed by atoms with van der Waals surface area (Å²) in [6.07, 6.45) is 0.886. The number of benzene rings is 2. The number of hydrogen-bond acceptors (Lipinski definition) is 4. The summed E-state index contributed by atoms with van der Waals surface area (Å²) in [5.41, 5.74) is 0.896.